The first-order chi connectivity index (χ1) is 8.88. The van der Waals surface area contributed by atoms with Crippen molar-refractivity contribution in [3.63, 3.8) is 0 Å². The highest BCUT2D eigenvalue weighted by Gasteiger charge is 2.21. The molecule has 0 aliphatic heterocycles. The summed E-state index contributed by atoms with van der Waals surface area (Å²) in [4.78, 5) is 14.6. The van der Waals surface area contributed by atoms with Crippen LogP contribution >= 0.6 is 0 Å². The Morgan fingerprint density at radius 1 is 1.21 bits per heavy atom. The number of benzene rings is 1. The normalized spacial score (nSPS) is 10.9. The maximum absolute atomic E-state index is 12.7. The molecule has 19 heavy (non-hydrogen) atoms. The molecule has 0 aliphatic carbocycles. The van der Waals surface area contributed by atoms with Gasteiger partial charge >= 0.3 is 0 Å². The van der Waals surface area contributed by atoms with Gasteiger partial charge in [-0.2, -0.15) is 0 Å². The molecule has 3 nitrogen and oxygen atoms in total. The van der Waals surface area contributed by atoms with Gasteiger partial charge in [0.05, 0.1) is 0 Å². The molecular weight excluding hydrogens is 236 g/mol. The molecule has 1 aromatic carbocycles. The lowest BCUT2D eigenvalue weighted by Gasteiger charge is -2.28. The van der Waals surface area contributed by atoms with Gasteiger partial charge in [0.1, 0.15) is 0 Å². The standard InChI is InChI=1S/C16H26N2O/c1-11(2)18(8-6-7-17)16(19)15-13(4)9-12(3)10-14(15)5/h9-11H,6-8,17H2,1-5H3. The zero-order valence-electron chi connectivity index (χ0n) is 12.8. The Morgan fingerprint density at radius 2 is 1.74 bits per heavy atom. The van der Waals surface area contributed by atoms with Crippen molar-refractivity contribution >= 4 is 5.91 Å². The second kappa shape index (κ2) is 6.71. The average molecular weight is 262 g/mol. The molecule has 0 saturated carbocycles. The number of aryl methyl sites for hydroxylation is 3. The molecular formula is C16H26N2O. The topological polar surface area (TPSA) is 46.3 Å². The lowest BCUT2D eigenvalue weighted by atomic mass is 9.98. The van der Waals surface area contributed by atoms with Crippen LogP contribution in [0.1, 0.15) is 47.3 Å². The van der Waals surface area contributed by atoms with E-state index in [-0.39, 0.29) is 11.9 Å². The summed E-state index contributed by atoms with van der Waals surface area (Å²) >= 11 is 0. The summed E-state index contributed by atoms with van der Waals surface area (Å²) in [6.45, 7) is 11.5. The number of carbonyl (C=O) groups excluding carboxylic acids is 1. The molecule has 0 saturated heterocycles. The first-order valence-corrected chi connectivity index (χ1v) is 6.97. The summed E-state index contributed by atoms with van der Waals surface area (Å²) in [6.07, 6.45) is 0.841. The summed E-state index contributed by atoms with van der Waals surface area (Å²) in [6, 6.07) is 4.34. The lowest BCUT2D eigenvalue weighted by Crippen LogP contribution is -2.39. The number of hydrogen-bond donors (Lipinski definition) is 1. The molecule has 0 fully saturated rings. The van der Waals surface area contributed by atoms with E-state index in [1.54, 1.807) is 0 Å². The number of amides is 1. The van der Waals surface area contributed by atoms with Crippen molar-refractivity contribution in [3.05, 3.63) is 34.4 Å². The van der Waals surface area contributed by atoms with Gasteiger partial charge in [-0.15, -0.1) is 0 Å². The SMILES string of the molecule is Cc1cc(C)c(C(=O)N(CCCN)C(C)C)c(C)c1. The first kappa shape index (κ1) is 15.7. The Kier molecular flexibility index (Phi) is 5.55. The van der Waals surface area contributed by atoms with Crippen LogP contribution in [0.5, 0.6) is 0 Å². The van der Waals surface area contributed by atoms with Crippen LogP contribution in [0.2, 0.25) is 0 Å². The molecule has 1 aromatic rings. The van der Waals surface area contributed by atoms with Crippen molar-refractivity contribution in [2.75, 3.05) is 13.1 Å². The van der Waals surface area contributed by atoms with E-state index in [0.29, 0.717) is 6.54 Å². The Labute approximate surface area is 116 Å². The van der Waals surface area contributed by atoms with Crippen molar-refractivity contribution in [2.45, 2.75) is 47.1 Å². The molecule has 1 rings (SSSR count). The average Bonchev–Trinajstić information content (AvgIpc) is 2.27. The third-order valence-corrected chi connectivity index (χ3v) is 3.38. The fourth-order valence-corrected chi connectivity index (χ4v) is 2.52. The molecule has 106 valence electrons. The Hall–Kier alpha value is -1.35. The van der Waals surface area contributed by atoms with Crippen molar-refractivity contribution in [2.24, 2.45) is 5.73 Å². The summed E-state index contributed by atoms with van der Waals surface area (Å²) in [5.41, 5.74) is 9.71. The van der Waals surface area contributed by atoms with Crippen LogP contribution in [-0.2, 0) is 0 Å². The highest BCUT2D eigenvalue weighted by atomic mass is 16.2. The van der Waals surface area contributed by atoms with E-state index in [2.05, 4.69) is 19.1 Å². The van der Waals surface area contributed by atoms with Gasteiger partial charge in [0, 0.05) is 18.2 Å². The number of rotatable bonds is 5. The number of nitrogens with two attached hydrogens (primary N) is 1. The van der Waals surface area contributed by atoms with Gasteiger partial charge in [-0.3, -0.25) is 4.79 Å². The summed E-state index contributed by atoms with van der Waals surface area (Å²) in [7, 11) is 0. The third kappa shape index (κ3) is 3.80. The first-order valence-electron chi connectivity index (χ1n) is 6.97. The second-order valence-corrected chi connectivity index (χ2v) is 5.51. The highest BCUT2D eigenvalue weighted by Crippen LogP contribution is 2.19. The van der Waals surface area contributed by atoms with Crippen molar-refractivity contribution in [1.29, 1.82) is 0 Å². The van der Waals surface area contributed by atoms with Crippen LogP contribution in [0.4, 0.5) is 0 Å². The molecule has 0 spiro atoms. The van der Waals surface area contributed by atoms with Crippen LogP contribution in [-0.4, -0.2) is 29.9 Å². The fraction of sp³-hybridized carbons (Fsp3) is 0.562. The predicted molar refractivity (Wildman–Crippen MR) is 80.5 cm³/mol. The largest absolute Gasteiger partial charge is 0.336 e. The third-order valence-electron chi connectivity index (χ3n) is 3.38. The van der Waals surface area contributed by atoms with Gasteiger partial charge in [0.15, 0.2) is 0 Å². The van der Waals surface area contributed by atoms with E-state index >= 15 is 0 Å². The minimum Gasteiger partial charge on any atom is -0.336 e. The number of carbonyl (C=O) groups is 1. The Bertz CT molecular complexity index is 429. The van der Waals surface area contributed by atoms with Gasteiger partial charge in [0.2, 0.25) is 0 Å². The highest BCUT2D eigenvalue weighted by molar-refractivity contribution is 5.97. The van der Waals surface area contributed by atoms with Gasteiger partial charge < -0.3 is 10.6 Å². The summed E-state index contributed by atoms with van der Waals surface area (Å²) in [5.74, 6) is 0.124. The van der Waals surface area contributed by atoms with Crippen molar-refractivity contribution in [1.82, 2.24) is 4.90 Å². The van der Waals surface area contributed by atoms with E-state index in [0.717, 1.165) is 29.7 Å². The number of hydrogen-bond acceptors (Lipinski definition) is 2. The summed E-state index contributed by atoms with van der Waals surface area (Å²) in [5, 5.41) is 0. The Balaban J connectivity index is 3.09. The van der Waals surface area contributed by atoms with Crippen LogP contribution in [0.25, 0.3) is 0 Å². The zero-order chi connectivity index (χ0) is 14.6. The fourth-order valence-electron chi connectivity index (χ4n) is 2.52. The lowest BCUT2D eigenvalue weighted by molar-refractivity contribution is 0.0703. The molecule has 0 radical (unpaired) electrons. The summed E-state index contributed by atoms with van der Waals surface area (Å²) < 4.78 is 0. The van der Waals surface area contributed by atoms with Crippen LogP contribution in [0.3, 0.4) is 0 Å². The molecule has 0 aromatic heterocycles. The van der Waals surface area contributed by atoms with E-state index < -0.39 is 0 Å². The smallest absolute Gasteiger partial charge is 0.254 e. The van der Waals surface area contributed by atoms with E-state index in [1.807, 2.05) is 32.6 Å². The van der Waals surface area contributed by atoms with Gasteiger partial charge in [-0.05, 0) is 58.7 Å². The molecule has 1 amide bonds. The number of nitrogens with zero attached hydrogens (tertiary/aromatic N) is 1. The van der Waals surface area contributed by atoms with E-state index in [4.69, 9.17) is 5.73 Å². The van der Waals surface area contributed by atoms with E-state index in [9.17, 15) is 4.79 Å². The maximum atomic E-state index is 12.7. The van der Waals surface area contributed by atoms with Crippen molar-refractivity contribution < 1.29 is 4.79 Å². The second-order valence-electron chi connectivity index (χ2n) is 5.51. The van der Waals surface area contributed by atoms with Crippen LogP contribution in [0, 0.1) is 20.8 Å². The van der Waals surface area contributed by atoms with E-state index in [1.165, 1.54) is 5.56 Å². The minimum atomic E-state index is 0.124. The molecule has 3 heteroatoms. The Morgan fingerprint density at radius 3 is 2.16 bits per heavy atom. The van der Waals surface area contributed by atoms with Crippen molar-refractivity contribution in [3.8, 4) is 0 Å². The van der Waals surface area contributed by atoms with Gasteiger partial charge in [0.25, 0.3) is 5.91 Å². The van der Waals surface area contributed by atoms with Gasteiger partial charge in [-0.25, -0.2) is 0 Å². The molecule has 0 unspecified atom stereocenters. The van der Waals surface area contributed by atoms with Crippen LogP contribution in [0.15, 0.2) is 12.1 Å². The van der Waals surface area contributed by atoms with Gasteiger partial charge in [-0.1, -0.05) is 17.7 Å². The van der Waals surface area contributed by atoms with Crippen LogP contribution < -0.4 is 5.73 Å². The predicted octanol–water partition coefficient (Wildman–Crippen LogP) is 2.81. The molecule has 0 heterocycles. The minimum absolute atomic E-state index is 0.124. The molecule has 0 aliphatic rings. The zero-order valence-corrected chi connectivity index (χ0v) is 12.8. The molecule has 0 bridgehead atoms. The quantitative estimate of drug-likeness (QED) is 0.887. The molecule has 0 atom stereocenters. The monoisotopic (exact) mass is 262 g/mol. The molecule has 2 N–H and O–H groups in total. The maximum Gasteiger partial charge on any atom is 0.254 e.